The Bertz CT molecular complexity index is 991. The number of benzene rings is 3. The first-order valence-corrected chi connectivity index (χ1v) is 10.6. The van der Waals surface area contributed by atoms with Gasteiger partial charge in [0, 0.05) is 13.1 Å². The normalized spacial score (nSPS) is 11.6. The van der Waals surface area contributed by atoms with E-state index in [1.54, 1.807) is 19.2 Å². The Morgan fingerprint density at radius 1 is 0.750 bits per heavy atom. The lowest BCUT2D eigenvalue weighted by atomic mass is 10.1. The van der Waals surface area contributed by atoms with Crippen LogP contribution in [0.5, 0.6) is 5.75 Å². The summed E-state index contributed by atoms with van der Waals surface area (Å²) in [5, 5.41) is 0. The Kier molecular flexibility index (Phi) is 6.17. The van der Waals surface area contributed by atoms with Crippen LogP contribution < -0.4 is 4.74 Å². The monoisotopic (exact) mass is 395 g/mol. The first kappa shape index (κ1) is 20.1. The molecule has 28 heavy (non-hydrogen) atoms. The van der Waals surface area contributed by atoms with Crippen LogP contribution in [0.4, 0.5) is 0 Å². The van der Waals surface area contributed by atoms with Crippen molar-refractivity contribution in [3.05, 3.63) is 95.1 Å². The highest BCUT2D eigenvalue weighted by atomic mass is 32.2. The molecule has 0 N–H and O–H groups in total. The summed E-state index contributed by atoms with van der Waals surface area (Å²) in [7, 11) is -2.11. The fourth-order valence-corrected chi connectivity index (χ4v) is 4.91. The third kappa shape index (κ3) is 4.26. The summed E-state index contributed by atoms with van der Waals surface area (Å²) in [6, 6.07) is 22.7. The molecule has 3 aromatic rings. The first-order chi connectivity index (χ1) is 13.4. The number of methoxy groups -OCH3 is 1. The molecule has 5 heteroatoms. The van der Waals surface area contributed by atoms with Crippen LogP contribution in [0.3, 0.4) is 0 Å². The number of ether oxygens (including phenoxy) is 1. The zero-order chi connectivity index (χ0) is 20.1. The fourth-order valence-electron chi connectivity index (χ4n) is 3.21. The zero-order valence-electron chi connectivity index (χ0n) is 16.4. The van der Waals surface area contributed by atoms with Gasteiger partial charge in [0.05, 0.1) is 12.0 Å². The van der Waals surface area contributed by atoms with E-state index in [1.165, 1.54) is 4.31 Å². The highest BCUT2D eigenvalue weighted by molar-refractivity contribution is 7.89. The molecule has 0 radical (unpaired) electrons. The van der Waals surface area contributed by atoms with E-state index in [2.05, 4.69) is 0 Å². The lowest BCUT2D eigenvalue weighted by Crippen LogP contribution is -2.31. The van der Waals surface area contributed by atoms with Gasteiger partial charge in [0.25, 0.3) is 0 Å². The topological polar surface area (TPSA) is 46.6 Å². The van der Waals surface area contributed by atoms with Gasteiger partial charge in [0.15, 0.2) is 0 Å². The molecule has 0 aliphatic heterocycles. The second kappa shape index (κ2) is 8.59. The van der Waals surface area contributed by atoms with Crippen molar-refractivity contribution in [3.8, 4) is 5.75 Å². The predicted molar refractivity (Wildman–Crippen MR) is 112 cm³/mol. The van der Waals surface area contributed by atoms with E-state index in [9.17, 15) is 8.42 Å². The van der Waals surface area contributed by atoms with Crippen molar-refractivity contribution in [1.82, 2.24) is 4.31 Å². The van der Waals surface area contributed by atoms with Gasteiger partial charge in [0.2, 0.25) is 10.0 Å². The molecule has 0 aliphatic rings. The number of hydrogen-bond donors (Lipinski definition) is 0. The lowest BCUT2D eigenvalue weighted by molar-refractivity contribution is 0.399. The smallest absolute Gasteiger partial charge is 0.243 e. The molecule has 146 valence electrons. The van der Waals surface area contributed by atoms with Crippen molar-refractivity contribution in [2.45, 2.75) is 31.8 Å². The minimum absolute atomic E-state index is 0.308. The zero-order valence-corrected chi connectivity index (χ0v) is 17.2. The molecule has 3 aromatic carbocycles. The summed E-state index contributed by atoms with van der Waals surface area (Å²) in [5.74, 6) is 0.689. The largest absolute Gasteiger partial charge is 0.496 e. The van der Waals surface area contributed by atoms with Gasteiger partial charge in [-0.25, -0.2) is 8.42 Å². The minimum Gasteiger partial charge on any atom is -0.496 e. The molecule has 0 fully saturated rings. The third-order valence-corrected chi connectivity index (χ3v) is 6.87. The highest BCUT2D eigenvalue weighted by Crippen LogP contribution is 2.30. The molecule has 0 heterocycles. The Morgan fingerprint density at radius 3 is 1.71 bits per heavy atom. The maximum absolute atomic E-state index is 13.6. The Morgan fingerprint density at radius 2 is 1.25 bits per heavy atom. The van der Waals surface area contributed by atoms with Crippen LogP contribution in [0.1, 0.15) is 22.3 Å². The molecule has 4 nitrogen and oxygen atoms in total. The number of nitrogens with zero attached hydrogens (tertiary/aromatic N) is 1. The molecule has 3 rings (SSSR count). The second-order valence-corrected chi connectivity index (χ2v) is 8.67. The molecule has 0 bridgehead atoms. The lowest BCUT2D eigenvalue weighted by Gasteiger charge is -2.24. The van der Waals surface area contributed by atoms with E-state index < -0.39 is 10.0 Å². The van der Waals surface area contributed by atoms with E-state index in [4.69, 9.17) is 4.74 Å². The van der Waals surface area contributed by atoms with E-state index in [-0.39, 0.29) is 0 Å². The molecule has 0 unspecified atom stereocenters. The van der Waals surface area contributed by atoms with Crippen molar-refractivity contribution >= 4 is 10.0 Å². The van der Waals surface area contributed by atoms with Gasteiger partial charge in [-0.05, 0) is 48.2 Å². The van der Waals surface area contributed by atoms with Crippen molar-refractivity contribution in [3.63, 3.8) is 0 Å². The molecular formula is C23H25NO3S. The van der Waals surface area contributed by atoms with Crippen molar-refractivity contribution in [2.75, 3.05) is 7.11 Å². The van der Waals surface area contributed by atoms with Gasteiger partial charge in [-0.15, -0.1) is 0 Å². The van der Waals surface area contributed by atoms with Gasteiger partial charge in [-0.2, -0.15) is 4.31 Å². The summed E-state index contributed by atoms with van der Waals surface area (Å²) in [6.07, 6.45) is 0. The number of rotatable bonds is 7. The van der Waals surface area contributed by atoms with Gasteiger partial charge >= 0.3 is 0 Å². The molecule has 0 amide bonds. The molecular weight excluding hydrogens is 370 g/mol. The standard InChI is InChI=1S/C23H25NO3S/c1-18-19(2)23(15-14-22(18)27-3)28(25,26)24(16-20-10-6-4-7-11-20)17-21-12-8-5-9-13-21/h4-15H,16-17H2,1-3H3. The van der Waals surface area contributed by atoms with Crippen molar-refractivity contribution in [1.29, 1.82) is 0 Å². The maximum Gasteiger partial charge on any atom is 0.243 e. The van der Waals surface area contributed by atoms with E-state index in [1.807, 2.05) is 74.5 Å². The average molecular weight is 396 g/mol. The third-order valence-electron chi connectivity index (χ3n) is 4.93. The molecule has 0 saturated heterocycles. The van der Waals surface area contributed by atoms with Crippen LogP contribution in [-0.4, -0.2) is 19.8 Å². The Balaban J connectivity index is 2.04. The Labute approximate surface area is 167 Å². The summed E-state index contributed by atoms with van der Waals surface area (Å²) in [5.41, 5.74) is 3.45. The predicted octanol–water partition coefficient (Wildman–Crippen LogP) is 4.70. The second-order valence-electron chi connectivity index (χ2n) is 6.76. The van der Waals surface area contributed by atoms with Crippen LogP contribution in [0.2, 0.25) is 0 Å². The average Bonchev–Trinajstić information content (AvgIpc) is 2.71. The van der Waals surface area contributed by atoms with E-state index in [0.717, 1.165) is 16.7 Å². The molecule has 0 aliphatic carbocycles. The summed E-state index contributed by atoms with van der Waals surface area (Å²) in [6.45, 7) is 4.32. The van der Waals surface area contributed by atoms with Crippen LogP contribution in [0.25, 0.3) is 0 Å². The van der Waals surface area contributed by atoms with Crippen LogP contribution in [0, 0.1) is 13.8 Å². The van der Waals surface area contributed by atoms with Crippen LogP contribution in [0.15, 0.2) is 77.7 Å². The Hall–Kier alpha value is -2.63. The van der Waals surface area contributed by atoms with E-state index >= 15 is 0 Å². The molecule has 0 spiro atoms. The van der Waals surface area contributed by atoms with Crippen molar-refractivity contribution < 1.29 is 13.2 Å². The summed E-state index contributed by atoms with van der Waals surface area (Å²) >= 11 is 0. The van der Waals surface area contributed by atoms with Gasteiger partial charge in [0.1, 0.15) is 5.75 Å². The molecule has 0 atom stereocenters. The molecule has 0 saturated carbocycles. The molecule has 0 aromatic heterocycles. The van der Waals surface area contributed by atoms with Crippen LogP contribution in [-0.2, 0) is 23.1 Å². The first-order valence-electron chi connectivity index (χ1n) is 9.15. The number of hydrogen-bond acceptors (Lipinski definition) is 3. The number of sulfonamides is 1. The summed E-state index contributed by atoms with van der Waals surface area (Å²) < 4.78 is 34.1. The highest BCUT2D eigenvalue weighted by Gasteiger charge is 2.27. The van der Waals surface area contributed by atoms with E-state index in [0.29, 0.717) is 29.3 Å². The van der Waals surface area contributed by atoms with Gasteiger partial charge in [-0.3, -0.25) is 0 Å². The quantitative estimate of drug-likeness (QED) is 0.582. The minimum atomic E-state index is -3.70. The van der Waals surface area contributed by atoms with Gasteiger partial charge < -0.3 is 4.74 Å². The fraction of sp³-hybridized carbons (Fsp3) is 0.217. The SMILES string of the molecule is COc1ccc(S(=O)(=O)N(Cc2ccccc2)Cc2ccccc2)c(C)c1C. The van der Waals surface area contributed by atoms with Crippen LogP contribution >= 0.6 is 0 Å². The van der Waals surface area contributed by atoms with Crippen molar-refractivity contribution in [2.24, 2.45) is 0 Å². The summed E-state index contributed by atoms with van der Waals surface area (Å²) in [4.78, 5) is 0.317. The van der Waals surface area contributed by atoms with Gasteiger partial charge in [-0.1, -0.05) is 60.7 Å². The maximum atomic E-state index is 13.6.